The molecule has 106 valence electrons. The summed E-state index contributed by atoms with van der Waals surface area (Å²) in [6, 6.07) is 5.12. The van der Waals surface area contributed by atoms with Crippen LogP contribution in [0.1, 0.15) is 17.8 Å². The first-order chi connectivity index (χ1) is 9.65. The fourth-order valence-corrected chi connectivity index (χ4v) is 2.21. The highest BCUT2D eigenvalue weighted by atomic mass is 35.5. The molecule has 1 aromatic heterocycles. The molecule has 7 heteroatoms. The molecular weight excluding hydrogens is 299 g/mol. The molecule has 0 bridgehead atoms. The van der Waals surface area contributed by atoms with Crippen molar-refractivity contribution in [3.8, 4) is 0 Å². The molecule has 0 radical (unpaired) electrons. The number of aromatic amines is 1. The Morgan fingerprint density at radius 1 is 1.35 bits per heavy atom. The standard InChI is InChI=1S/C13H14Cl2N4O/c14-10-4-3-9(11(15)7-10)6-13(20)16-5-1-2-12-17-8-18-19-12/h3-4,7-8H,1-2,5-6H2,(H,16,20)(H,17,18,19). The summed E-state index contributed by atoms with van der Waals surface area (Å²) < 4.78 is 0. The van der Waals surface area contributed by atoms with E-state index < -0.39 is 0 Å². The summed E-state index contributed by atoms with van der Waals surface area (Å²) in [5, 5.41) is 10.4. The van der Waals surface area contributed by atoms with E-state index in [1.165, 1.54) is 6.33 Å². The molecule has 2 aromatic rings. The van der Waals surface area contributed by atoms with Gasteiger partial charge in [-0.2, -0.15) is 5.10 Å². The van der Waals surface area contributed by atoms with Crippen molar-refractivity contribution in [3.05, 3.63) is 46.0 Å². The number of amides is 1. The molecule has 20 heavy (non-hydrogen) atoms. The number of hydrogen-bond donors (Lipinski definition) is 2. The second kappa shape index (κ2) is 7.26. The number of benzene rings is 1. The zero-order chi connectivity index (χ0) is 14.4. The number of carbonyl (C=O) groups excluding carboxylic acids is 1. The maximum absolute atomic E-state index is 11.8. The normalized spacial score (nSPS) is 10.5. The number of nitrogens with one attached hydrogen (secondary N) is 2. The lowest BCUT2D eigenvalue weighted by molar-refractivity contribution is -0.120. The van der Waals surface area contributed by atoms with Crippen LogP contribution in [0, 0.1) is 0 Å². The highest BCUT2D eigenvalue weighted by molar-refractivity contribution is 6.35. The van der Waals surface area contributed by atoms with Gasteiger partial charge in [0.05, 0.1) is 6.42 Å². The molecule has 1 amide bonds. The van der Waals surface area contributed by atoms with Crippen LogP contribution < -0.4 is 5.32 Å². The summed E-state index contributed by atoms with van der Waals surface area (Å²) in [5.41, 5.74) is 0.767. The number of H-pyrrole nitrogens is 1. The zero-order valence-corrected chi connectivity index (χ0v) is 12.2. The Hall–Kier alpha value is -1.59. The molecule has 2 N–H and O–H groups in total. The first-order valence-electron chi connectivity index (χ1n) is 6.20. The van der Waals surface area contributed by atoms with Crippen LogP contribution in [-0.4, -0.2) is 27.6 Å². The van der Waals surface area contributed by atoms with Crippen LogP contribution in [0.3, 0.4) is 0 Å². The van der Waals surface area contributed by atoms with Crippen LogP contribution in [0.2, 0.25) is 10.0 Å². The molecule has 0 saturated heterocycles. The van der Waals surface area contributed by atoms with Gasteiger partial charge in [0.25, 0.3) is 0 Å². The number of aryl methyl sites for hydroxylation is 1. The van der Waals surface area contributed by atoms with Crippen molar-refractivity contribution in [2.45, 2.75) is 19.3 Å². The second-order valence-electron chi connectivity index (χ2n) is 4.30. The van der Waals surface area contributed by atoms with Crippen molar-refractivity contribution in [1.29, 1.82) is 0 Å². The van der Waals surface area contributed by atoms with E-state index in [2.05, 4.69) is 20.5 Å². The zero-order valence-electron chi connectivity index (χ0n) is 10.7. The lowest BCUT2D eigenvalue weighted by atomic mass is 10.1. The maximum Gasteiger partial charge on any atom is 0.224 e. The van der Waals surface area contributed by atoms with Gasteiger partial charge in [-0.05, 0) is 24.1 Å². The molecule has 2 rings (SSSR count). The van der Waals surface area contributed by atoms with E-state index in [9.17, 15) is 4.79 Å². The molecule has 1 heterocycles. The summed E-state index contributed by atoms with van der Waals surface area (Å²) in [6.45, 7) is 0.588. The SMILES string of the molecule is O=C(Cc1ccc(Cl)cc1Cl)NCCCc1ncn[nH]1. The van der Waals surface area contributed by atoms with E-state index in [0.717, 1.165) is 24.2 Å². The lowest BCUT2D eigenvalue weighted by Gasteiger charge is -2.06. The molecule has 0 fully saturated rings. The number of hydrogen-bond acceptors (Lipinski definition) is 3. The summed E-state index contributed by atoms with van der Waals surface area (Å²) in [7, 11) is 0. The van der Waals surface area contributed by atoms with Gasteiger partial charge in [-0.15, -0.1) is 0 Å². The monoisotopic (exact) mass is 312 g/mol. The molecule has 0 unspecified atom stereocenters. The topological polar surface area (TPSA) is 70.7 Å². The van der Waals surface area contributed by atoms with Crippen LogP contribution in [-0.2, 0) is 17.6 Å². The van der Waals surface area contributed by atoms with E-state index in [0.29, 0.717) is 16.6 Å². The van der Waals surface area contributed by atoms with E-state index in [-0.39, 0.29) is 12.3 Å². The van der Waals surface area contributed by atoms with Crippen molar-refractivity contribution in [2.24, 2.45) is 0 Å². The van der Waals surface area contributed by atoms with E-state index in [4.69, 9.17) is 23.2 Å². The molecule has 0 aliphatic heterocycles. The second-order valence-corrected chi connectivity index (χ2v) is 5.14. The molecule has 0 aliphatic carbocycles. The van der Waals surface area contributed by atoms with Crippen LogP contribution >= 0.6 is 23.2 Å². The van der Waals surface area contributed by atoms with E-state index in [1.54, 1.807) is 18.2 Å². The number of rotatable bonds is 6. The minimum absolute atomic E-state index is 0.0632. The van der Waals surface area contributed by atoms with Crippen LogP contribution in [0.15, 0.2) is 24.5 Å². The Morgan fingerprint density at radius 3 is 2.90 bits per heavy atom. The van der Waals surface area contributed by atoms with Gasteiger partial charge < -0.3 is 5.32 Å². The number of nitrogens with zero attached hydrogens (tertiary/aromatic N) is 2. The Morgan fingerprint density at radius 2 is 2.20 bits per heavy atom. The first kappa shape index (κ1) is 14.8. The lowest BCUT2D eigenvalue weighted by Crippen LogP contribution is -2.26. The third-order valence-electron chi connectivity index (χ3n) is 2.74. The fraction of sp³-hybridized carbons (Fsp3) is 0.308. The molecular formula is C13H14Cl2N4O. The molecule has 0 spiro atoms. The molecule has 0 saturated carbocycles. The molecule has 1 aromatic carbocycles. The third kappa shape index (κ3) is 4.51. The average molecular weight is 313 g/mol. The Labute approximate surface area is 126 Å². The van der Waals surface area contributed by atoms with E-state index >= 15 is 0 Å². The third-order valence-corrected chi connectivity index (χ3v) is 3.33. The smallest absolute Gasteiger partial charge is 0.224 e. The quantitative estimate of drug-likeness (QED) is 0.805. The van der Waals surface area contributed by atoms with Gasteiger partial charge in [0.1, 0.15) is 12.2 Å². The summed E-state index contributed by atoms with van der Waals surface area (Å²) in [5.74, 6) is 0.756. The summed E-state index contributed by atoms with van der Waals surface area (Å²) in [4.78, 5) is 15.8. The van der Waals surface area contributed by atoms with Crippen molar-refractivity contribution >= 4 is 29.1 Å². The summed E-state index contributed by atoms with van der Waals surface area (Å²) in [6.07, 6.45) is 3.27. The predicted octanol–water partition coefficient (Wildman–Crippen LogP) is 2.40. The minimum Gasteiger partial charge on any atom is -0.356 e. The van der Waals surface area contributed by atoms with Gasteiger partial charge in [-0.1, -0.05) is 29.3 Å². The summed E-state index contributed by atoms with van der Waals surface area (Å²) >= 11 is 11.8. The largest absolute Gasteiger partial charge is 0.356 e. The molecule has 0 aliphatic rings. The van der Waals surface area contributed by atoms with Crippen LogP contribution in [0.4, 0.5) is 0 Å². The van der Waals surface area contributed by atoms with Gasteiger partial charge in [0.15, 0.2) is 0 Å². The average Bonchev–Trinajstić information content (AvgIpc) is 2.91. The Balaban J connectivity index is 1.72. The van der Waals surface area contributed by atoms with Gasteiger partial charge >= 0.3 is 0 Å². The fourth-order valence-electron chi connectivity index (χ4n) is 1.74. The molecule has 5 nitrogen and oxygen atoms in total. The Kier molecular flexibility index (Phi) is 5.38. The maximum atomic E-state index is 11.8. The van der Waals surface area contributed by atoms with Gasteiger partial charge in [-0.25, -0.2) is 4.98 Å². The highest BCUT2D eigenvalue weighted by Crippen LogP contribution is 2.21. The highest BCUT2D eigenvalue weighted by Gasteiger charge is 2.07. The van der Waals surface area contributed by atoms with Gasteiger partial charge in [-0.3, -0.25) is 9.89 Å². The number of carbonyl (C=O) groups is 1. The van der Waals surface area contributed by atoms with E-state index in [1.807, 2.05) is 0 Å². The van der Waals surface area contributed by atoms with Crippen LogP contribution in [0.5, 0.6) is 0 Å². The van der Waals surface area contributed by atoms with Crippen molar-refractivity contribution in [1.82, 2.24) is 20.5 Å². The molecule has 0 atom stereocenters. The minimum atomic E-state index is -0.0632. The van der Waals surface area contributed by atoms with Crippen molar-refractivity contribution in [2.75, 3.05) is 6.54 Å². The predicted molar refractivity (Wildman–Crippen MR) is 77.9 cm³/mol. The number of aromatic nitrogens is 3. The van der Waals surface area contributed by atoms with Crippen molar-refractivity contribution < 1.29 is 4.79 Å². The Bertz CT molecular complexity index is 572. The van der Waals surface area contributed by atoms with Gasteiger partial charge in [0, 0.05) is 23.0 Å². The number of halogens is 2. The van der Waals surface area contributed by atoms with Crippen molar-refractivity contribution in [3.63, 3.8) is 0 Å². The van der Waals surface area contributed by atoms with Gasteiger partial charge in [0.2, 0.25) is 5.91 Å². The first-order valence-corrected chi connectivity index (χ1v) is 6.95. The van der Waals surface area contributed by atoms with Crippen LogP contribution in [0.25, 0.3) is 0 Å².